The Labute approximate surface area is 163 Å². The highest BCUT2D eigenvalue weighted by Gasteiger charge is 2.19. The van der Waals surface area contributed by atoms with Crippen LogP contribution in [0.2, 0.25) is 5.02 Å². The van der Waals surface area contributed by atoms with E-state index in [1.165, 1.54) is 43.3 Å². The van der Waals surface area contributed by atoms with E-state index < -0.39 is 28.7 Å². The minimum Gasteiger partial charge on any atom is -0.452 e. The standard InChI is InChI=1S/C17H14ClFN2O5S/c1-10(17(23)20-15-7-2-11(18)8-14(15)19)26-16(22)9-27-13-5-3-12(4-6-13)21(24)25/h2-8,10H,9H2,1H3,(H,20,23)/t10-/m0/s1. The molecule has 1 N–H and O–H groups in total. The van der Waals surface area contributed by atoms with Crippen LogP contribution in [0.25, 0.3) is 0 Å². The highest BCUT2D eigenvalue weighted by molar-refractivity contribution is 8.00. The number of thioether (sulfide) groups is 1. The number of halogens is 2. The van der Waals surface area contributed by atoms with E-state index in [1.807, 2.05) is 0 Å². The van der Waals surface area contributed by atoms with E-state index >= 15 is 0 Å². The molecule has 0 aliphatic heterocycles. The lowest BCUT2D eigenvalue weighted by Gasteiger charge is -2.14. The summed E-state index contributed by atoms with van der Waals surface area (Å²) in [5.74, 6) is -2.14. The minimum atomic E-state index is -1.13. The molecule has 0 unspecified atom stereocenters. The smallest absolute Gasteiger partial charge is 0.317 e. The summed E-state index contributed by atoms with van der Waals surface area (Å²) in [5, 5.41) is 13.1. The number of benzene rings is 2. The van der Waals surface area contributed by atoms with Crippen LogP contribution >= 0.6 is 23.4 Å². The number of non-ortho nitro benzene ring substituents is 1. The van der Waals surface area contributed by atoms with Gasteiger partial charge in [0, 0.05) is 22.1 Å². The number of nitro benzene ring substituents is 1. The van der Waals surface area contributed by atoms with Crippen LogP contribution in [-0.4, -0.2) is 28.7 Å². The molecule has 10 heteroatoms. The quantitative estimate of drug-likeness (QED) is 0.319. The number of anilines is 1. The molecule has 0 saturated heterocycles. The molecule has 0 aliphatic rings. The molecule has 0 radical (unpaired) electrons. The summed E-state index contributed by atoms with van der Waals surface area (Å²) in [6, 6.07) is 9.43. The molecule has 0 fully saturated rings. The number of hydrogen-bond donors (Lipinski definition) is 1. The normalized spacial score (nSPS) is 11.5. The number of nitrogens with one attached hydrogen (secondary N) is 1. The van der Waals surface area contributed by atoms with Gasteiger partial charge in [-0.25, -0.2) is 4.39 Å². The molecule has 1 amide bonds. The molecule has 7 nitrogen and oxygen atoms in total. The lowest BCUT2D eigenvalue weighted by atomic mass is 10.3. The topological polar surface area (TPSA) is 98.5 Å². The fourth-order valence-electron chi connectivity index (χ4n) is 1.92. The van der Waals surface area contributed by atoms with E-state index in [-0.39, 0.29) is 22.2 Å². The number of amides is 1. The molecule has 0 aromatic heterocycles. The van der Waals surface area contributed by atoms with Gasteiger partial charge in [0.15, 0.2) is 6.10 Å². The number of nitro groups is 1. The summed E-state index contributed by atoms with van der Waals surface area (Å²) in [7, 11) is 0. The van der Waals surface area contributed by atoms with Gasteiger partial charge in [-0.3, -0.25) is 19.7 Å². The number of esters is 1. The maximum Gasteiger partial charge on any atom is 0.317 e. The van der Waals surface area contributed by atoms with E-state index in [4.69, 9.17) is 16.3 Å². The van der Waals surface area contributed by atoms with Crippen LogP contribution in [0.1, 0.15) is 6.92 Å². The third-order valence-corrected chi connectivity index (χ3v) is 4.49. The number of carbonyl (C=O) groups is 2. The monoisotopic (exact) mass is 412 g/mol. The first kappa shape index (κ1) is 20.7. The largest absolute Gasteiger partial charge is 0.452 e. The molecule has 2 aromatic carbocycles. The van der Waals surface area contributed by atoms with Gasteiger partial charge in [-0.1, -0.05) is 11.6 Å². The zero-order valence-corrected chi connectivity index (χ0v) is 15.6. The minimum absolute atomic E-state index is 0.0540. The van der Waals surface area contributed by atoms with Gasteiger partial charge in [0.05, 0.1) is 16.4 Å². The van der Waals surface area contributed by atoms with E-state index in [1.54, 1.807) is 0 Å². The van der Waals surface area contributed by atoms with Crippen molar-refractivity contribution < 1.29 is 23.6 Å². The van der Waals surface area contributed by atoms with Crippen molar-refractivity contribution in [3.8, 4) is 0 Å². The van der Waals surface area contributed by atoms with Crippen LogP contribution in [0, 0.1) is 15.9 Å². The van der Waals surface area contributed by atoms with Crippen LogP contribution in [0.5, 0.6) is 0 Å². The Bertz CT molecular complexity index is 863. The van der Waals surface area contributed by atoms with Gasteiger partial charge >= 0.3 is 5.97 Å². The maximum absolute atomic E-state index is 13.7. The average molecular weight is 413 g/mol. The predicted molar refractivity (Wildman–Crippen MR) is 99.4 cm³/mol. The molecule has 2 rings (SSSR count). The zero-order chi connectivity index (χ0) is 20.0. The third kappa shape index (κ3) is 6.22. The van der Waals surface area contributed by atoms with Crippen molar-refractivity contribution >= 4 is 46.6 Å². The number of carbonyl (C=O) groups excluding carboxylic acids is 2. The molecule has 27 heavy (non-hydrogen) atoms. The van der Waals surface area contributed by atoms with Crippen LogP contribution in [0.3, 0.4) is 0 Å². The van der Waals surface area contributed by atoms with Crippen molar-refractivity contribution in [2.24, 2.45) is 0 Å². The van der Waals surface area contributed by atoms with Gasteiger partial charge in [-0.2, -0.15) is 0 Å². The maximum atomic E-state index is 13.7. The second-order valence-corrected chi connectivity index (χ2v) is 6.77. The van der Waals surface area contributed by atoms with Crippen molar-refractivity contribution in [1.29, 1.82) is 0 Å². The molecular weight excluding hydrogens is 399 g/mol. The second kappa shape index (κ2) is 9.33. The zero-order valence-electron chi connectivity index (χ0n) is 14.0. The molecular formula is C17H14ClFN2O5S. The Morgan fingerprint density at radius 2 is 1.96 bits per heavy atom. The van der Waals surface area contributed by atoms with Gasteiger partial charge in [0.25, 0.3) is 11.6 Å². The summed E-state index contributed by atoms with van der Waals surface area (Å²) in [4.78, 5) is 34.6. The van der Waals surface area contributed by atoms with Gasteiger partial charge in [-0.15, -0.1) is 11.8 Å². The second-order valence-electron chi connectivity index (χ2n) is 5.29. The van der Waals surface area contributed by atoms with Crippen LogP contribution < -0.4 is 5.32 Å². The predicted octanol–water partition coefficient (Wildman–Crippen LogP) is 4.05. The molecule has 0 spiro atoms. The van der Waals surface area contributed by atoms with Crippen molar-refractivity contribution in [3.63, 3.8) is 0 Å². The van der Waals surface area contributed by atoms with E-state index in [0.29, 0.717) is 4.90 Å². The average Bonchev–Trinajstić information content (AvgIpc) is 2.62. The Morgan fingerprint density at radius 1 is 1.30 bits per heavy atom. The van der Waals surface area contributed by atoms with E-state index in [0.717, 1.165) is 17.8 Å². The van der Waals surface area contributed by atoms with Gasteiger partial charge < -0.3 is 10.1 Å². The number of nitrogens with zero attached hydrogens (tertiary/aromatic N) is 1. The van der Waals surface area contributed by atoms with Crippen molar-refractivity contribution in [1.82, 2.24) is 0 Å². The number of hydrogen-bond acceptors (Lipinski definition) is 6. The third-order valence-electron chi connectivity index (χ3n) is 3.27. The van der Waals surface area contributed by atoms with Gasteiger partial charge in [0.1, 0.15) is 5.82 Å². The van der Waals surface area contributed by atoms with Crippen LogP contribution in [0.4, 0.5) is 15.8 Å². The Kier molecular flexibility index (Phi) is 7.14. The Morgan fingerprint density at radius 3 is 2.56 bits per heavy atom. The summed E-state index contributed by atoms with van der Waals surface area (Å²) < 4.78 is 18.7. The van der Waals surface area contributed by atoms with Crippen molar-refractivity contribution in [2.45, 2.75) is 17.9 Å². The molecule has 0 heterocycles. The highest BCUT2D eigenvalue weighted by Crippen LogP contribution is 2.22. The molecule has 1 atom stereocenters. The molecule has 0 bridgehead atoms. The van der Waals surface area contributed by atoms with Gasteiger partial charge in [0.2, 0.25) is 0 Å². The summed E-state index contributed by atoms with van der Waals surface area (Å²) in [5.41, 5.74) is -0.130. The van der Waals surface area contributed by atoms with Gasteiger partial charge in [-0.05, 0) is 37.3 Å². The van der Waals surface area contributed by atoms with E-state index in [2.05, 4.69) is 5.32 Å². The Balaban J connectivity index is 1.83. The first-order valence-electron chi connectivity index (χ1n) is 7.59. The molecule has 142 valence electrons. The van der Waals surface area contributed by atoms with Crippen LogP contribution in [0.15, 0.2) is 47.4 Å². The SMILES string of the molecule is C[C@H](OC(=O)CSc1ccc([N+](=O)[O-])cc1)C(=O)Nc1ccc(Cl)cc1F. The Hall–Kier alpha value is -2.65. The summed E-state index contributed by atoms with van der Waals surface area (Å²) >= 11 is 6.74. The summed E-state index contributed by atoms with van der Waals surface area (Å²) in [6.07, 6.45) is -1.13. The molecule has 0 aliphatic carbocycles. The first-order valence-corrected chi connectivity index (χ1v) is 8.95. The fourth-order valence-corrected chi connectivity index (χ4v) is 2.76. The lowest BCUT2D eigenvalue weighted by Crippen LogP contribution is -2.30. The van der Waals surface area contributed by atoms with Crippen LogP contribution in [-0.2, 0) is 14.3 Å². The summed E-state index contributed by atoms with van der Waals surface area (Å²) in [6.45, 7) is 1.36. The van der Waals surface area contributed by atoms with Crippen molar-refractivity contribution in [3.05, 3.63) is 63.4 Å². The first-order chi connectivity index (χ1) is 12.8. The van der Waals surface area contributed by atoms with Crippen molar-refractivity contribution in [2.75, 3.05) is 11.1 Å². The lowest BCUT2D eigenvalue weighted by molar-refractivity contribution is -0.384. The number of rotatable bonds is 7. The fraction of sp³-hybridized carbons (Fsp3) is 0.176. The van der Waals surface area contributed by atoms with E-state index in [9.17, 15) is 24.1 Å². The number of ether oxygens (including phenoxy) is 1. The molecule has 2 aromatic rings. The highest BCUT2D eigenvalue weighted by atomic mass is 35.5. The molecule has 0 saturated carbocycles.